The van der Waals surface area contributed by atoms with Gasteiger partial charge in [-0.1, -0.05) is 53.6 Å². The van der Waals surface area contributed by atoms with Crippen molar-refractivity contribution in [2.24, 2.45) is 0 Å². The molecule has 2 aromatic rings. The summed E-state index contributed by atoms with van der Waals surface area (Å²) in [6.07, 6.45) is 4.33. The first-order valence-electron chi connectivity index (χ1n) is 6.58. The molecular weight excluding hydrogens is 230 g/mol. The highest BCUT2D eigenvalue weighted by Crippen LogP contribution is 2.16. The molecule has 0 heterocycles. The normalized spacial score (nSPS) is 10.9. The molecule has 2 rings (SSSR count). The molecule has 0 unspecified atom stereocenters. The van der Waals surface area contributed by atoms with Crippen molar-refractivity contribution in [1.82, 2.24) is 0 Å². The molecule has 0 N–H and O–H groups in total. The third-order valence-electron chi connectivity index (χ3n) is 3.12. The Labute approximate surface area is 116 Å². The van der Waals surface area contributed by atoms with E-state index in [-0.39, 0.29) is 0 Å². The number of rotatable bonds is 3. The van der Waals surface area contributed by atoms with Crippen LogP contribution >= 0.6 is 0 Å². The Bertz CT molecular complexity index is 557. The zero-order valence-electron chi connectivity index (χ0n) is 12.1. The van der Waals surface area contributed by atoms with Crippen LogP contribution < -0.4 is 4.90 Å². The highest BCUT2D eigenvalue weighted by molar-refractivity contribution is 5.71. The maximum atomic E-state index is 2.21. The molecule has 0 saturated heterocycles. The fourth-order valence-electron chi connectivity index (χ4n) is 2.18. The fourth-order valence-corrected chi connectivity index (χ4v) is 2.18. The number of hydrogen-bond donors (Lipinski definition) is 0. The number of nitrogens with zero attached hydrogens (tertiary/aromatic N) is 1. The van der Waals surface area contributed by atoms with E-state index in [1.807, 2.05) is 0 Å². The molecule has 2 aromatic carbocycles. The molecule has 98 valence electrons. The number of benzene rings is 2. The lowest BCUT2D eigenvalue weighted by atomic mass is 10.1. The molecule has 0 aliphatic carbocycles. The summed E-state index contributed by atoms with van der Waals surface area (Å²) >= 11 is 0. The van der Waals surface area contributed by atoms with E-state index in [2.05, 4.69) is 87.5 Å². The minimum atomic E-state index is 1.23. The average molecular weight is 251 g/mol. The van der Waals surface area contributed by atoms with Gasteiger partial charge in [-0.05, 0) is 37.1 Å². The minimum Gasteiger partial charge on any atom is -0.378 e. The highest BCUT2D eigenvalue weighted by atomic mass is 15.1. The zero-order valence-corrected chi connectivity index (χ0v) is 12.1. The number of hydrogen-bond acceptors (Lipinski definition) is 1. The van der Waals surface area contributed by atoms with E-state index in [9.17, 15) is 0 Å². The fraction of sp³-hybridized carbons (Fsp3) is 0.222. The van der Waals surface area contributed by atoms with Crippen molar-refractivity contribution in [3.63, 3.8) is 0 Å². The quantitative estimate of drug-likeness (QED) is 0.724. The first kappa shape index (κ1) is 13.4. The van der Waals surface area contributed by atoms with Gasteiger partial charge in [0.25, 0.3) is 0 Å². The summed E-state index contributed by atoms with van der Waals surface area (Å²) < 4.78 is 0. The SMILES string of the molecule is Cc1cc(C)cc(/C=C/c2ccc(N(C)C)cc2)c1. The lowest BCUT2D eigenvalue weighted by Crippen LogP contribution is -2.07. The zero-order chi connectivity index (χ0) is 13.8. The second-order valence-corrected chi connectivity index (χ2v) is 5.24. The second-order valence-electron chi connectivity index (χ2n) is 5.24. The van der Waals surface area contributed by atoms with E-state index in [1.165, 1.54) is 27.9 Å². The minimum absolute atomic E-state index is 1.23. The van der Waals surface area contributed by atoms with Gasteiger partial charge in [0.15, 0.2) is 0 Å². The Morgan fingerprint density at radius 3 is 1.79 bits per heavy atom. The van der Waals surface area contributed by atoms with Gasteiger partial charge in [0.05, 0.1) is 0 Å². The molecule has 0 saturated carbocycles. The number of anilines is 1. The maximum Gasteiger partial charge on any atom is 0.0361 e. The van der Waals surface area contributed by atoms with Crippen molar-refractivity contribution in [3.05, 3.63) is 64.7 Å². The molecule has 0 amide bonds. The van der Waals surface area contributed by atoms with Crippen molar-refractivity contribution in [1.29, 1.82) is 0 Å². The van der Waals surface area contributed by atoms with Crippen molar-refractivity contribution >= 4 is 17.8 Å². The van der Waals surface area contributed by atoms with E-state index in [4.69, 9.17) is 0 Å². The average Bonchev–Trinajstić information content (AvgIpc) is 2.36. The predicted molar refractivity (Wildman–Crippen MR) is 85.6 cm³/mol. The summed E-state index contributed by atoms with van der Waals surface area (Å²) in [6.45, 7) is 4.27. The van der Waals surface area contributed by atoms with Crippen LogP contribution in [0.3, 0.4) is 0 Å². The Hall–Kier alpha value is -2.02. The van der Waals surface area contributed by atoms with E-state index >= 15 is 0 Å². The Morgan fingerprint density at radius 2 is 1.26 bits per heavy atom. The lowest BCUT2D eigenvalue weighted by molar-refractivity contribution is 1.13. The molecule has 0 spiro atoms. The van der Waals surface area contributed by atoms with Crippen LogP contribution in [0.1, 0.15) is 22.3 Å². The monoisotopic (exact) mass is 251 g/mol. The Morgan fingerprint density at radius 1 is 0.737 bits per heavy atom. The summed E-state index contributed by atoms with van der Waals surface area (Å²) in [7, 11) is 4.11. The van der Waals surface area contributed by atoms with Crippen molar-refractivity contribution in [2.45, 2.75) is 13.8 Å². The van der Waals surface area contributed by atoms with Gasteiger partial charge in [0.2, 0.25) is 0 Å². The third-order valence-corrected chi connectivity index (χ3v) is 3.12. The summed E-state index contributed by atoms with van der Waals surface area (Å²) in [5.74, 6) is 0. The van der Waals surface area contributed by atoms with Gasteiger partial charge in [-0.3, -0.25) is 0 Å². The van der Waals surface area contributed by atoms with Crippen LogP contribution in [-0.2, 0) is 0 Å². The van der Waals surface area contributed by atoms with Crippen LogP contribution in [0.2, 0.25) is 0 Å². The molecule has 0 radical (unpaired) electrons. The van der Waals surface area contributed by atoms with Gasteiger partial charge >= 0.3 is 0 Å². The molecule has 0 fully saturated rings. The van der Waals surface area contributed by atoms with E-state index in [0.717, 1.165) is 0 Å². The predicted octanol–water partition coefficient (Wildman–Crippen LogP) is 4.54. The van der Waals surface area contributed by atoms with Crippen molar-refractivity contribution in [2.75, 3.05) is 19.0 Å². The summed E-state index contributed by atoms with van der Waals surface area (Å²) in [5.41, 5.74) is 6.33. The lowest BCUT2D eigenvalue weighted by Gasteiger charge is -2.11. The van der Waals surface area contributed by atoms with Crippen LogP contribution in [0.4, 0.5) is 5.69 Å². The Kier molecular flexibility index (Phi) is 4.06. The number of aryl methyl sites for hydroxylation is 2. The van der Waals surface area contributed by atoms with Crippen molar-refractivity contribution in [3.8, 4) is 0 Å². The first-order valence-corrected chi connectivity index (χ1v) is 6.58. The van der Waals surface area contributed by atoms with Crippen LogP contribution in [0.25, 0.3) is 12.2 Å². The standard InChI is InChI=1S/C18H21N/c1-14-11-15(2)13-17(12-14)6-5-16-7-9-18(10-8-16)19(3)4/h5-13H,1-4H3/b6-5+. The topological polar surface area (TPSA) is 3.24 Å². The largest absolute Gasteiger partial charge is 0.378 e. The van der Waals surface area contributed by atoms with Gasteiger partial charge in [-0.2, -0.15) is 0 Å². The molecule has 0 aliphatic heterocycles. The molecule has 0 atom stereocenters. The van der Waals surface area contributed by atoms with Gasteiger partial charge in [-0.25, -0.2) is 0 Å². The highest BCUT2D eigenvalue weighted by Gasteiger charge is 1.95. The molecule has 1 nitrogen and oxygen atoms in total. The smallest absolute Gasteiger partial charge is 0.0361 e. The van der Waals surface area contributed by atoms with Crippen LogP contribution in [-0.4, -0.2) is 14.1 Å². The third kappa shape index (κ3) is 3.72. The van der Waals surface area contributed by atoms with Crippen LogP contribution in [0.15, 0.2) is 42.5 Å². The van der Waals surface area contributed by atoms with E-state index in [1.54, 1.807) is 0 Å². The van der Waals surface area contributed by atoms with Crippen LogP contribution in [0.5, 0.6) is 0 Å². The van der Waals surface area contributed by atoms with Gasteiger partial charge in [-0.15, -0.1) is 0 Å². The summed E-state index contributed by atoms with van der Waals surface area (Å²) in [6, 6.07) is 15.2. The van der Waals surface area contributed by atoms with Gasteiger partial charge in [0, 0.05) is 19.8 Å². The van der Waals surface area contributed by atoms with Crippen LogP contribution in [0, 0.1) is 13.8 Å². The summed E-state index contributed by atoms with van der Waals surface area (Å²) in [5, 5.41) is 0. The van der Waals surface area contributed by atoms with E-state index in [0.29, 0.717) is 0 Å². The second kappa shape index (κ2) is 5.75. The van der Waals surface area contributed by atoms with E-state index < -0.39 is 0 Å². The first-order chi connectivity index (χ1) is 9.04. The van der Waals surface area contributed by atoms with Crippen molar-refractivity contribution < 1.29 is 0 Å². The summed E-state index contributed by atoms with van der Waals surface area (Å²) in [4.78, 5) is 2.11. The molecule has 1 heteroatoms. The maximum absolute atomic E-state index is 2.21. The van der Waals surface area contributed by atoms with Gasteiger partial charge in [0.1, 0.15) is 0 Å². The molecule has 0 bridgehead atoms. The molecule has 0 aliphatic rings. The molecule has 19 heavy (non-hydrogen) atoms. The molecule has 0 aromatic heterocycles. The molecular formula is C18H21N. The Balaban J connectivity index is 2.17. The van der Waals surface area contributed by atoms with Gasteiger partial charge < -0.3 is 4.90 Å².